The van der Waals surface area contributed by atoms with Crippen LogP contribution in [-0.2, 0) is 6.42 Å². The summed E-state index contributed by atoms with van der Waals surface area (Å²) >= 11 is 0. The molecule has 0 unspecified atom stereocenters. The largest absolute Gasteiger partial charge is 0.308 e. The number of nitrogen functional groups attached to an aromatic ring is 1. The molecule has 3 rings (SSSR count). The number of hydrogen-bond acceptors (Lipinski definition) is 5. The van der Waals surface area contributed by atoms with Crippen molar-refractivity contribution in [2.24, 2.45) is 5.84 Å². The molecule has 2 aromatic heterocycles. The maximum Gasteiger partial charge on any atom is 0.162 e. The molecule has 6 heteroatoms. The fourth-order valence-corrected chi connectivity index (χ4v) is 2.26. The Morgan fingerprint density at radius 3 is 2.95 bits per heavy atom. The molecule has 0 radical (unpaired) electrons. The van der Waals surface area contributed by atoms with Gasteiger partial charge in [-0.3, -0.25) is 0 Å². The van der Waals surface area contributed by atoms with Gasteiger partial charge in [0.25, 0.3) is 0 Å². The number of nitrogens with zero attached hydrogens (tertiary/aromatic N) is 4. The van der Waals surface area contributed by atoms with Crippen LogP contribution < -0.4 is 11.3 Å². The maximum atomic E-state index is 5.52. The summed E-state index contributed by atoms with van der Waals surface area (Å²) in [5, 5.41) is 4.62. The second-order valence-corrected chi connectivity index (χ2v) is 4.88. The Kier molecular flexibility index (Phi) is 3.16. The zero-order valence-electron chi connectivity index (χ0n) is 11.0. The molecule has 0 amide bonds. The Bertz CT molecular complexity index is 572. The number of hydrazine groups is 1. The Labute approximate surface area is 112 Å². The van der Waals surface area contributed by atoms with E-state index in [-0.39, 0.29) is 0 Å². The van der Waals surface area contributed by atoms with Crippen molar-refractivity contribution in [3.63, 3.8) is 0 Å². The van der Waals surface area contributed by atoms with E-state index in [2.05, 4.69) is 33.5 Å². The third kappa shape index (κ3) is 2.31. The van der Waals surface area contributed by atoms with Crippen molar-refractivity contribution in [1.82, 2.24) is 19.7 Å². The SMILES string of the molecule is CCCc1c(NN)ncnc1-n1ccc(C2CC2)n1. The van der Waals surface area contributed by atoms with Crippen LogP contribution in [0.3, 0.4) is 0 Å². The molecule has 2 heterocycles. The summed E-state index contributed by atoms with van der Waals surface area (Å²) < 4.78 is 1.83. The van der Waals surface area contributed by atoms with Crippen LogP contribution in [0, 0.1) is 0 Å². The van der Waals surface area contributed by atoms with Gasteiger partial charge in [0.2, 0.25) is 0 Å². The summed E-state index contributed by atoms with van der Waals surface area (Å²) in [6, 6.07) is 2.07. The molecule has 6 nitrogen and oxygen atoms in total. The van der Waals surface area contributed by atoms with Crippen LogP contribution in [-0.4, -0.2) is 19.7 Å². The fourth-order valence-electron chi connectivity index (χ4n) is 2.26. The van der Waals surface area contributed by atoms with Crippen molar-refractivity contribution >= 4 is 5.82 Å². The summed E-state index contributed by atoms with van der Waals surface area (Å²) in [5.41, 5.74) is 4.81. The summed E-state index contributed by atoms with van der Waals surface area (Å²) in [6.45, 7) is 2.12. The first kappa shape index (κ1) is 12.1. The fraction of sp³-hybridized carbons (Fsp3) is 0.462. The van der Waals surface area contributed by atoms with Gasteiger partial charge in [-0.25, -0.2) is 20.5 Å². The smallest absolute Gasteiger partial charge is 0.162 e. The lowest BCUT2D eigenvalue weighted by Gasteiger charge is -2.11. The van der Waals surface area contributed by atoms with Gasteiger partial charge in [0.05, 0.1) is 5.69 Å². The van der Waals surface area contributed by atoms with E-state index in [4.69, 9.17) is 5.84 Å². The van der Waals surface area contributed by atoms with Crippen molar-refractivity contribution < 1.29 is 0 Å². The molecule has 0 aromatic carbocycles. The van der Waals surface area contributed by atoms with Gasteiger partial charge in [-0.15, -0.1) is 0 Å². The van der Waals surface area contributed by atoms with E-state index < -0.39 is 0 Å². The van der Waals surface area contributed by atoms with Crippen LogP contribution in [0.5, 0.6) is 0 Å². The van der Waals surface area contributed by atoms with Gasteiger partial charge in [0.1, 0.15) is 12.1 Å². The lowest BCUT2D eigenvalue weighted by molar-refractivity contribution is 0.780. The molecule has 1 saturated carbocycles. The van der Waals surface area contributed by atoms with Gasteiger partial charge in [-0.2, -0.15) is 5.10 Å². The lowest BCUT2D eigenvalue weighted by Crippen LogP contribution is -2.14. The Hall–Kier alpha value is -1.95. The average Bonchev–Trinajstić information content (AvgIpc) is 3.17. The van der Waals surface area contributed by atoms with Crippen LogP contribution in [0.25, 0.3) is 5.82 Å². The molecule has 0 bridgehead atoms. The molecule has 3 N–H and O–H groups in total. The second-order valence-electron chi connectivity index (χ2n) is 4.88. The molecule has 0 atom stereocenters. The van der Waals surface area contributed by atoms with E-state index in [0.29, 0.717) is 11.7 Å². The van der Waals surface area contributed by atoms with E-state index in [1.54, 1.807) is 0 Å². The number of rotatable bonds is 5. The molecule has 0 saturated heterocycles. The molecule has 1 aliphatic rings. The second kappa shape index (κ2) is 4.97. The van der Waals surface area contributed by atoms with E-state index in [1.807, 2.05) is 10.9 Å². The highest BCUT2D eigenvalue weighted by Crippen LogP contribution is 2.39. The first-order valence-corrected chi connectivity index (χ1v) is 6.70. The minimum Gasteiger partial charge on any atom is -0.308 e. The highest BCUT2D eigenvalue weighted by molar-refractivity contribution is 5.50. The molecule has 2 aromatic rings. The summed E-state index contributed by atoms with van der Waals surface area (Å²) in [5.74, 6) is 7.66. The molecule has 19 heavy (non-hydrogen) atoms. The Morgan fingerprint density at radius 2 is 2.26 bits per heavy atom. The predicted molar refractivity (Wildman–Crippen MR) is 72.9 cm³/mol. The van der Waals surface area contributed by atoms with Crippen LogP contribution in [0.15, 0.2) is 18.6 Å². The zero-order chi connectivity index (χ0) is 13.2. The minimum atomic E-state index is 0.643. The first-order chi connectivity index (χ1) is 9.33. The molecular weight excluding hydrogens is 240 g/mol. The average molecular weight is 258 g/mol. The van der Waals surface area contributed by atoms with Crippen molar-refractivity contribution in [2.75, 3.05) is 5.43 Å². The minimum absolute atomic E-state index is 0.643. The summed E-state index contributed by atoms with van der Waals surface area (Å²) in [6.07, 6.45) is 7.86. The summed E-state index contributed by atoms with van der Waals surface area (Å²) in [7, 11) is 0. The van der Waals surface area contributed by atoms with Gasteiger partial charge in [0, 0.05) is 17.7 Å². The van der Waals surface area contributed by atoms with Gasteiger partial charge in [0.15, 0.2) is 5.82 Å². The number of nitrogens with one attached hydrogen (secondary N) is 1. The van der Waals surface area contributed by atoms with Crippen LogP contribution >= 0.6 is 0 Å². The van der Waals surface area contributed by atoms with E-state index >= 15 is 0 Å². The summed E-state index contributed by atoms with van der Waals surface area (Å²) in [4.78, 5) is 8.53. The van der Waals surface area contributed by atoms with Gasteiger partial charge >= 0.3 is 0 Å². The number of hydrogen-bond donors (Lipinski definition) is 2. The third-order valence-corrected chi connectivity index (χ3v) is 3.38. The predicted octanol–water partition coefficient (Wildman–Crippen LogP) is 1.78. The standard InChI is InChI=1S/C13H18N6/c1-2-3-10-12(17-14)15-8-16-13(10)19-7-6-11(18-19)9-4-5-9/h6-9H,2-5,14H2,1H3,(H,15,16,17). The Balaban J connectivity index is 2.01. The van der Waals surface area contributed by atoms with E-state index in [1.165, 1.54) is 19.2 Å². The highest BCUT2D eigenvalue weighted by Gasteiger charge is 2.26. The molecular formula is C13H18N6. The van der Waals surface area contributed by atoms with Crippen LogP contribution in [0.1, 0.15) is 43.4 Å². The van der Waals surface area contributed by atoms with Crippen molar-refractivity contribution in [3.8, 4) is 5.82 Å². The molecule has 1 fully saturated rings. The van der Waals surface area contributed by atoms with Crippen molar-refractivity contribution in [2.45, 2.75) is 38.5 Å². The zero-order valence-corrected chi connectivity index (χ0v) is 11.0. The molecule has 1 aliphatic carbocycles. The Morgan fingerprint density at radius 1 is 1.42 bits per heavy atom. The molecule has 100 valence electrons. The van der Waals surface area contributed by atoms with Crippen LogP contribution in [0.2, 0.25) is 0 Å². The highest BCUT2D eigenvalue weighted by atomic mass is 15.3. The van der Waals surface area contributed by atoms with Gasteiger partial charge in [-0.05, 0) is 25.3 Å². The van der Waals surface area contributed by atoms with Crippen molar-refractivity contribution in [3.05, 3.63) is 29.8 Å². The van der Waals surface area contributed by atoms with E-state index in [0.717, 1.165) is 29.9 Å². The van der Waals surface area contributed by atoms with Crippen molar-refractivity contribution in [1.29, 1.82) is 0 Å². The lowest BCUT2D eigenvalue weighted by atomic mass is 10.1. The number of anilines is 1. The molecule has 0 spiro atoms. The molecule has 0 aliphatic heterocycles. The number of nitrogens with two attached hydrogens (primary N) is 1. The van der Waals surface area contributed by atoms with Gasteiger partial charge < -0.3 is 5.43 Å². The third-order valence-electron chi connectivity index (χ3n) is 3.38. The first-order valence-electron chi connectivity index (χ1n) is 6.70. The number of aromatic nitrogens is 4. The van der Waals surface area contributed by atoms with Gasteiger partial charge in [-0.1, -0.05) is 13.3 Å². The normalized spacial score (nSPS) is 14.6. The van der Waals surface area contributed by atoms with Crippen LogP contribution in [0.4, 0.5) is 5.82 Å². The quantitative estimate of drug-likeness (QED) is 0.631. The maximum absolute atomic E-state index is 5.52. The van der Waals surface area contributed by atoms with E-state index in [9.17, 15) is 0 Å². The monoisotopic (exact) mass is 258 g/mol. The topological polar surface area (TPSA) is 81.6 Å².